The van der Waals surface area contributed by atoms with Gasteiger partial charge in [-0.3, -0.25) is 5.26 Å². The van der Waals surface area contributed by atoms with Gasteiger partial charge in [-0.1, -0.05) is 37.6 Å². The number of halogens is 1. The molecule has 0 amide bonds. The Morgan fingerprint density at radius 2 is 2.05 bits per heavy atom. The smallest absolute Gasteiger partial charge is 0.403 e. The summed E-state index contributed by atoms with van der Waals surface area (Å²) in [5, 5.41) is 8.86. The Kier molecular flexibility index (Phi) is 6.95. The van der Waals surface area contributed by atoms with Crippen LogP contribution in [0, 0.1) is 0 Å². The molecule has 0 aliphatic carbocycles. The number of allylic oxidation sites excluding steroid dienone is 3. The van der Waals surface area contributed by atoms with Crippen LogP contribution in [-0.4, -0.2) is 30.2 Å². The van der Waals surface area contributed by atoms with E-state index in [4.69, 9.17) is 26.2 Å². The first-order valence-corrected chi connectivity index (χ1v) is 7.76. The zero-order valence-corrected chi connectivity index (χ0v) is 14.3. The third kappa shape index (κ3) is 4.83. The van der Waals surface area contributed by atoms with Crippen LogP contribution in [0.4, 0.5) is 0 Å². The van der Waals surface area contributed by atoms with Crippen molar-refractivity contribution >= 4 is 18.7 Å². The molecular formula is C15H26BClO4. The minimum absolute atomic E-state index is 0.0973. The molecule has 1 aliphatic rings. The number of hydrogen-bond donors (Lipinski definition) is 1. The van der Waals surface area contributed by atoms with Crippen LogP contribution in [0.2, 0.25) is 5.82 Å². The normalized spacial score (nSPS) is 27.6. The lowest BCUT2D eigenvalue weighted by Crippen LogP contribution is -2.44. The van der Waals surface area contributed by atoms with Crippen LogP contribution >= 0.6 is 11.6 Å². The summed E-state index contributed by atoms with van der Waals surface area (Å²) in [6.45, 7) is 10.5. The molecule has 0 spiro atoms. The molecule has 1 saturated heterocycles. The van der Waals surface area contributed by atoms with Gasteiger partial charge in [-0.05, 0) is 33.3 Å². The molecule has 6 heteroatoms. The summed E-state index contributed by atoms with van der Waals surface area (Å²) >= 11 is 5.97. The van der Waals surface area contributed by atoms with Gasteiger partial charge in [0, 0.05) is 17.3 Å². The highest BCUT2D eigenvalue weighted by molar-refractivity contribution is 6.48. The summed E-state index contributed by atoms with van der Waals surface area (Å²) in [6, 6.07) is 0. The van der Waals surface area contributed by atoms with Gasteiger partial charge < -0.3 is 9.31 Å². The molecule has 1 heterocycles. The fourth-order valence-electron chi connectivity index (χ4n) is 2.26. The Bertz CT molecular complexity index is 397. The van der Waals surface area contributed by atoms with Crippen LogP contribution in [0.1, 0.15) is 47.5 Å². The van der Waals surface area contributed by atoms with Crippen LogP contribution in [-0.2, 0) is 14.2 Å². The number of rotatable bonds is 7. The molecule has 1 N–H and O–H groups in total. The maximum absolute atomic E-state index is 8.24. The molecule has 0 radical (unpaired) electrons. The minimum Gasteiger partial charge on any atom is -0.403 e. The highest BCUT2D eigenvalue weighted by Crippen LogP contribution is 2.42. The summed E-state index contributed by atoms with van der Waals surface area (Å²) in [6.07, 6.45) is 7.13. The fraction of sp³-hybridized carbons (Fsp3) is 0.733. The van der Waals surface area contributed by atoms with E-state index in [1.54, 1.807) is 6.08 Å². The lowest BCUT2D eigenvalue weighted by atomic mass is 9.73. The van der Waals surface area contributed by atoms with Crippen LogP contribution in [0.3, 0.4) is 0 Å². The van der Waals surface area contributed by atoms with Gasteiger partial charge in [-0.15, -0.1) is 0 Å². The van der Waals surface area contributed by atoms with E-state index in [9.17, 15) is 0 Å². The zero-order valence-electron chi connectivity index (χ0n) is 13.6. The molecule has 1 fully saturated rings. The molecule has 4 nitrogen and oxygen atoms in total. The average Bonchev–Trinajstić information content (AvgIpc) is 2.67. The van der Waals surface area contributed by atoms with Crippen LogP contribution in [0.25, 0.3) is 0 Å². The molecule has 0 aromatic rings. The summed E-state index contributed by atoms with van der Waals surface area (Å²) in [5.74, 6) is 0.135. The zero-order chi connectivity index (χ0) is 16.1. The molecule has 1 unspecified atom stereocenters. The monoisotopic (exact) mass is 316 g/mol. The molecule has 0 aromatic heterocycles. The van der Waals surface area contributed by atoms with Gasteiger partial charge in [0.25, 0.3) is 0 Å². The van der Waals surface area contributed by atoms with Gasteiger partial charge >= 0.3 is 7.12 Å². The Labute approximate surface area is 133 Å². The minimum atomic E-state index is -0.301. The molecule has 2 atom stereocenters. The van der Waals surface area contributed by atoms with E-state index in [2.05, 4.69) is 39.5 Å². The van der Waals surface area contributed by atoms with Gasteiger partial charge in [0.2, 0.25) is 0 Å². The van der Waals surface area contributed by atoms with Gasteiger partial charge in [-0.2, -0.15) is 0 Å². The van der Waals surface area contributed by atoms with E-state index in [1.165, 1.54) is 0 Å². The first kappa shape index (κ1) is 18.7. The van der Waals surface area contributed by atoms with Crippen molar-refractivity contribution in [3.63, 3.8) is 0 Å². The van der Waals surface area contributed by atoms with E-state index >= 15 is 0 Å². The molecule has 1 aliphatic heterocycles. The average molecular weight is 317 g/mol. The molecule has 0 aromatic carbocycles. The second kappa shape index (κ2) is 7.79. The lowest BCUT2D eigenvalue weighted by molar-refractivity contribution is -0.231. The third-order valence-corrected chi connectivity index (χ3v) is 4.61. The molecule has 21 heavy (non-hydrogen) atoms. The summed E-state index contributed by atoms with van der Waals surface area (Å²) in [4.78, 5) is 3.95. The van der Waals surface area contributed by atoms with Crippen molar-refractivity contribution in [1.29, 1.82) is 0 Å². The van der Waals surface area contributed by atoms with Crippen LogP contribution < -0.4 is 0 Å². The number of hydrogen-bond acceptors (Lipinski definition) is 4. The Hall–Kier alpha value is -0.325. The standard InChI is InChI=1S/C15H26BClO4/c1-6-15(5)14(3,4)20-16(21-15)12(2)8-7-9-13(17)10-11-19-18/h7-8,10,12,18H,6,9,11H2,1-5H3/b8-7?,13-10+/t12-,15?/m0/s1. The summed E-state index contributed by atoms with van der Waals surface area (Å²) in [7, 11) is -0.246. The van der Waals surface area contributed by atoms with E-state index in [0.29, 0.717) is 11.5 Å². The molecule has 1 rings (SSSR count). The van der Waals surface area contributed by atoms with Gasteiger partial charge in [-0.25, -0.2) is 4.89 Å². The van der Waals surface area contributed by atoms with Gasteiger partial charge in [0.15, 0.2) is 0 Å². The van der Waals surface area contributed by atoms with E-state index in [1.807, 2.05) is 12.2 Å². The highest BCUT2D eigenvalue weighted by atomic mass is 35.5. The predicted octanol–water partition coefficient (Wildman–Crippen LogP) is 4.42. The summed E-state index contributed by atoms with van der Waals surface area (Å²) < 4.78 is 12.2. The maximum Gasteiger partial charge on any atom is 0.464 e. The van der Waals surface area contributed by atoms with Gasteiger partial charge in [0.05, 0.1) is 11.2 Å². The molecule has 0 bridgehead atoms. The predicted molar refractivity (Wildman–Crippen MR) is 86.4 cm³/mol. The van der Waals surface area contributed by atoms with Crippen molar-refractivity contribution in [2.45, 2.75) is 64.5 Å². The highest BCUT2D eigenvalue weighted by Gasteiger charge is 2.53. The molecular weight excluding hydrogens is 290 g/mol. The Morgan fingerprint density at radius 1 is 1.38 bits per heavy atom. The second-order valence-electron chi connectivity index (χ2n) is 6.14. The van der Waals surface area contributed by atoms with Crippen molar-refractivity contribution in [3.05, 3.63) is 23.3 Å². The fourth-order valence-corrected chi connectivity index (χ4v) is 2.41. The first-order chi connectivity index (χ1) is 9.75. The molecule has 0 saturated carbocycles. The van der Waals surface area contributed by atoms with Crippen molar-refractivity contribution < 1.29 is 19.5 Å². The van der Waals surface area contributed by atoms with Crippen LogP contribution in [0.5, 0.6) is 0 Å². The largest absolute Gasteiger partial charge is 0.464 e. The topological polar surface area (TPSA) is 47.9 Å². The third-order valence-electron chi connectivity index (χ3n) is 4.30. The molecule has 120 valence electrons. The van der Waals surface area contributed by atoms with Crippen molar-refractivity contribution in [2.24, 2.45) is 0 Å². The van der Waals surface area contributed by atoms with E-state index < -0.39 is 0 Å². The van der Waals surface area contributed by atoms with Gasteiger partial charge in [0.1, 0.15) is 6.61 Å². The van der Waals surface area contributed by atoms with E-state index in [-0.39, 0.29) is 30.7 Å². The summed E-state index contributed by atoms with van der Waals surface area (Å²) in [5.41, 5.74) is -0.569. The SMILES string of the molecule is CCC1(C)OB([C@@H](C)C=CC/C(Cl)=C\COO)OC1(C)C. The maximum atomic E-state index is 8.24. The Balaban J connectivity index is 2.56. The lowest BCUT2D eigenvalue weighted by Gasteiger charge is -2.35. The van der Waals surface area contributed by atoms with E-state index in [0.717, 1.165) is 6.42 Å². The van der Waals surface area contributed by atoms with Crippen molar-refractivity contribution in [2.75, 3.05) is 6.61 Å². The van der Waals surface area contributed by atoms with Crippen LogP contribution in [0.15, 0.2) is 23.3 Å². The quantitative estimate of drug-likeness (QED) is 0.327. The Morgan fingerprint density at radius 3 is 2.57 bits per heavy atom. The van der Waals surface area contributed by atoms with Crippen molar-refractivity contribution in [1.82, 2.24) is 0 Å². The first-order valence-electron chi connectivity index (χ1n) is 7.39. The second-order valence-corrected chi connectivity index (χ2v) is 6.62. The van der Waals surface area contributed by atoms with Crippen molar-refractivity contribution in [3.8, 4) is 0 Å².